The first-order valence-electron chi connectivity index (χ1n) is 6.68. The molecule has 0 bridgehead atoms. The number of rotatable bonds is 4. The van der Waals surface area contributed by atoms with Crippen molar-refractivity contribution in [1.82, 2.24) is 10.3 Å². The van der Waals surface area contributed by atoms with Gasteiger partial charge in [-0.15, -0.1) is 0 Å². The second kappa shape index (κ2) is 6.18. The lowest BCUT2D eigenvalue weighted by Crippen LogP contribution is -2.26. The molecule has 2 rings (SSSR count). The fraction of sp³-hybridized carbons (Fsp3) is 0.692. The third kappa shape index (κ3) is 3.45. The Hall–Kier alpha value is -1.10. The molecule has 5 heteroatoms. The van der Waals surface area contributed by atoms with Crippen molar-refractivity contribution in [3.8, 4) is 0 Å². The maximum atomic E-state index is 11.9. The Kier molecular flexibility index (Phi) is 4.58. The van der Waals surface area contributed by atoms with Gasteiger partial charge in [0.1, 0.15) is 4.88 Å². The number of carbonyl (C=O) groups excluding carboxylic acids is 1. The highest BCUT2D eigenvalue weighted by Gasteiger charge is 2.16. The van der Waals surface area contributed by atoms with Gasteiger partial charge in [-0.3, -0.25) is 4.79 Å². The standard InChI is InChI=1S/C13H21N3OS/c1-9-11(18-13(14)16-9)12(17)15-8-7-10-5-3-2-4-6-10/h10H,2-8H2,1H3,(H2,14,16)(H,15,17). The number of carbonyl (C=O) groups is 1. The lowest BCUT2D eigenvalue weighted by molar-refractivity contribution is 0.0953. The number of hydrogen-bond acceptors (Lipinski definition) is 4. The topological polar surface area (TPSA) is 68.0 Å². The molecule has 0 unspecified atom stereocenters. The normalized spacial score (nSPS) is 16.7. The first kappa shape index (κ1) is 13.3. The molecular weight excluding hydrogens is 246 g/mol. The first-order chi connectivity index (χ1) is 8.66. The van der Waals surface area contributed by atoms with E-state index >= 15 is 0 Å². The van der Waals surface area contributed by atoms with Crippen LogP contribution >= 0.6 is 11.3 Å². The van der Waals surface area contributed by atoms with Gasteiger partial charge in [0.15, 0.2) is 5.13 Å². The molecule has 1 heterocycles. The van der Waals surface area contributed by atoms with Gasteiger partial charge in [-0.1, -0.05) is 43.4 Å². The van der Waals surface area contributed by atoms with Gasteiger partial charge < -0.3 is 11.1 Å². The zero-order chi connectivity index (χ0) is 13.0. The molecule has 0 aliphatic heterocycles. The minimum Gasteiger partial charge on any atom is -0.375 e. The Bertz CT molecular complexity index is 410. The zero-order valence-electron chi connectivity index (χ0n) is 10.9. The summed E-state index contributed by atoms with van der Waals surface area (Å²) in [7, 11) is 0. The molecule has 0 saturated heterocycles. The van der Waals surface area contributed by atoms with Crippen molar-refractivity contribution in [2.75, 3.05) is 12.3 Å². The van der Waals surface area contributed by atoms with Gasteiger partial charge >= 0.3 is 0 Å². The van der Waals surface area contributed by atoms with E-state index in [9.17, 15) is 4.79 Å². The molecule has 0 radical (unpaired) electrons. The van der Waals surface area contributed by atoms with Crippen LogP contribution in [0.2, 0.25) is 0 Å². The van der Waals surface area contributed by atoms with Crippen LogP contribution in [0.25, 0.3) is 0 Å². The Morgan fingerprint density at radius 3 is 2.78 bits per heavy atom. The van der Waals surface area contributed by atoms with Gasteiger partial charge in [-0.25, -0.2) is 4.98 Å². The van der Waals surface area contributed by atoms with Crippen LogP contribution in [0.4, 0.5) is 5.13 Å². The Morgan fingerprint density at radius 2 is 2.17 bits per heavy atom. The largest absolute Gasteiger partial charge is 0.375 e. The van der Waals surface area contributed by atoms with Crippen LogP contribution in [-0.2, 0) is 0 Å². The minimum atomic E-state index is -0.0301. The molecule has 1 saturated carbocycles. The van der Waals surface area contributed by atoms with E-state index in [2.05, 4.69) is 10.3 Å². The second-order valence-corrected chi connectivity index (χ2v) is 6.05. The number of thiazole rings is 1. The molecule has 4 nitrogen and oxygen atoms in total. The van der Waals surface area contributed by atoms with Crippen molar-refractivity contribution >= 4 is 22.4 Å². The van der Waals surface area contributed by atoms with Gasteiger partial charge in [0.2, 0.25) is 0 Å². The van der Waals surface area contributed by atoms with Crippen molar-refractivity contribution in [2.45, 2.75) is 45.4 Å². The van der Waals surface area contributed by atoms with E-state index in [1.54, 1.807) is 0 Å². The molecule has 3 N–H and O–H groups in total. The van der Waals surface area contributed by atoms with E-state index in [0.29, 0.717) is 10.0 Å². The summed E-state index contributed by atoms with van der Waals surface area (Å²) < 4.78 is 0. The van der Waals surface area contributed by atoms with Crippen LogP contribution in [0.3, 0.4) is 0 Å². The number of nitrogen functional groups attached to an aromatic ring is 1. The van der Waals surface area contributed by atoms with Crippen LogP contribution in [0.15, 0.2) is 0 Å². The molecule has 1 aliphatic carbocycles. The lowest BCUT2D eigenvalue weighted by atomic mass is 9.87. The minimum absolute atomic E-state index is 0.0301. The van der Waals surface area contributed by atoms with E-state index in [-0.39, 0.29) is 5.91 Å². The van der Waals surface area contributed by atoms with Crippen molar-refractivity contribution in [2.24, 2.45) is 5.92 Å². The number of hydrogen-bond donors (Lipinski definition) is 2. The fourth-order valence-corrected chi connectivity index (χ4v) is 3.32. The summed E-state index contributed by atoms with van der Waals surface area (Å²) in [5, 5.41) is 3.44. The number of amides is 1. The summed E-state index contributed by atoms with van der Waals surface area (Å²) >= 11 is 1.26. The van der Waals surface area contributed by atoms with Crippen LogP contribution in [0.5, 0.6) is 0 Å². The van der Waals surface area contributed by atoms with Gasteiger partial charge in [0.25, 0.3) is 5.91 Å². The highest BCUT2D eigenvalue weighted by molar-refractivity contribution is 7.17. The number of aromatic nitrogens is 1. The number of nitrogens with two attached hydrogens (primary N) is 1. The van der Waals surface area contributed by atoms with Gasteiger partial charge in [-0.2, -0.15) is 0 Å². The van der Waals surface area contributed by atoms with Gasteiger partial charge in [-0.05, 0) is 19.3 Å². The number of nitrogens with one attached hydrogen (secondary N) is 1. The summed E-state index contributed by atoms with van der Waals surface area (Å²) in [5.41, 5.74) is 6.32. The molecule has 100 valence electrons. The van der Waals surface area contributed by atoms with Crippen LogP contribution in [-0.4, -0.2) is 17.4 Å². The van der Waals surface area contributed by atoms with Crippen LogP contribution in [0.1, 0.15) is 53.9 Å². The molecule has 0 spiro atoms. The molecule has 0 atom stereocenters. The number of anilines is 1. The van der Waals surface area contributed by atoms with Crippen molar-refractivity contribution in [3.63, 3.8) is 0 Å². The smallest absolute Gasteiger partial charge is 0.263 e. The van der Waals surface area contributed by atoms with Crippen molar-refractivity contribution in [3.05, 3.63) is 10.6 Å². The summed E-state index contributed by atoms with van der Waals surface area (Å²) in [6.45, 7) is 2.59. The molecule has 1 aliphatic rings. The van der Waals surface area contributed by atoms with Gasteiger partial charge in [0.05, 0.1) is 5.69 Å². The maximum Gasteiger partial charge on any atom is 0.263 e. The van der Waals surface area contributed by atoms with E-state index in [4.69, 9.17) is 5.73 Å². The summed E-state index contributed by atoms with van der Waals surface area (Å²) in [4.78, 5) is 16.6. The molecule has 0 aromatic carbocycles. The number of nitrogens with zero attached hydrogens (tertiary/aromatic N) is 1. The average Bonchev–Trinajstić information content (AvgIpc) is 2.70. The second-order valence-electron chi connectivity index (χ2n) is 5.02. The maximum absolute atomic E-state index is 11.9. The van der Waals surface area contributed by atoms with Crippen LogP contribution < -0.4 is 11.1 Å². The molecule has 1 aromatic rings. The Labute approximate surface area is 112 Å². The fourth-order valence-electron chi connectivity index (χ4n) is 2.57. The predicted octanol–water partition coefficient (Wildman–Crippen LogP) is 2.73. The summed E-state index contributed by atoms with van der Waals surface area (Å²) in [5.74, 6) is 0.768. The average molecular weight is 267 g/mol. The van der Waals surface area contributed by atoms with Gasteiger partial charge in [0, 0.05) is 6.54 Å². The summed E-state index contributed by atoms with van der Waals surface area (Å²) in [6.07, 6.45) is 7.82. The highest BCUT2D eigenvalue weighted by Crippen LogP contribution is 2.26. The van der Waals surface area contributed by atoms with E-state index in [0.717, 1.165) is 24.6 Å². The van der Waals surface area contributed by atoms with Crippen molar-refractivity contribution in [1.29, 1.82) is 0 Å². The zero-order valence-corrected chi connectivity index (χ0v) is 11.7. The summed E-state index contributed by atoms with van der Waals surface area (Å²) in [6, 6.07) is 0. The molecule has 18 heavy (non-hydrogen) atoms. The van der Waals surface area contributed by atoms with E-state index < -0.39 is 0 Å². The quantitative estimate of drug-likeness (QED) is 0.881. The monoisotopic (exact) mass is 267 g/mol. The predicted molar refractivity (Wildman–Crippen MR) is 74.8 cm³/mol. The first-order valence-corrected chi connectivity index (χ1v) is 7.49. The van der Waals surface area contributed by atoms with E-state index in [1.165, 1.54) is 43.4 Å². The SMILES string of the molecule is Cc1nc(N)sc1C(=O)NCCC1CCCCC1. The molecule has 1 aromatic heterocycles. The lowest BCUT2D eigenvalue weighted by Gasteiger charge is -2.21. The molecule has 1 amide bonds. The van der Waals surface area contributed by atoms with Crippen molar-refractivity contribution < 1.29 is 4.79 Å². The highest BCUT2D eigenvalue weighted by atomic mass is 32.1. The third-order valence-corrected chi connectivity index (χ3v) is 4.57. The Morgan fingerprint density at radius 1 is 1.44 bits per heavy atom. The van der Waals surface area contributed by atoms with Crippen LogP contribution in [0, 0.1) is 12.8 Å². The Balaban J connectivity index is 1.76. The van der Waals surface area contributed by atoms with E-state index in [1.807, 2.05) is 6.92 Å². The molecular formula is C13H21N3OS. The molecule has 1 fully saturated rings. The third-order valence-electron chi connectivity index (χ3n) is 3.58. The number of aryl methyl sites for hydroxylation is 1.